The second kappa shape index (κ2) is 11.3. The topological polar surface area (TPSA) is 86.8 Å². The molecular formula is C24H29BrFN3O4S. The first-order valence-corrected chi connectivity index (χ1v) is 13.8. The first-order chi connectivity index (χ1) is 16.1. The Labute approximate surface area is 208 Å². The quantitative estimate of drug-likeness (QED) is 0.511. The maximum absolute atomic E-state index is 13.5. The van der Waals surface area contributed by atoms with E-state index in [4.69, 9.17) is 0 Å². The van der Waals surface area contributed by atoms with E-state index in [-0.39, 0.29) is 18.5 Å². The lowest BCUT2D eigenvalue weighted by Gasteiger charge is -2.32. The summed E-state index contributed by atoms with van der Waals surface area (Å²) in [5.41, 5.74) is 0.949. The van der Waals surface area contributed by atoms with Gasteiger partial charge in [0.05, 0.1) is 11.9 Å². The predicted octanol–water partition coefficient (Wildman–Crippen LogP) is 3.83. The second-order valence-electron chi connectivity index (χ2n) is 8.54. The highest BCUT2D eigenvalue weighted by atomic mass is 79.9. The third-order valence-corrected chi connectivity index (χ3v) is 7.73. The summed E-state index contributed by atoms with van der Waals surface area (Å²) in [6.45, 7) is 1.17. The average molecular weight is 554 g/mol. The number of carbonyl (C=O) groups excluding carboxylic acids is 2. The Morgan fingerprint density at radius 2 is 1.74 bits per heavy atom. The first kappa shape index (κ1) is 26.2. The Bertz CT molecular complexity index is 1120. The van der Waals surface area contributed by atoms with Crippen LogP contribution >= 0.6 is 15.9 Å². The molecule has 2 aromatic rings. The van der Waals surface area contributed by atoms with Crippen molar-refractivity contribution in [3.8, 4) is 0 Å². The van der Waals surface area contributed by atoms with Crippen LogP contribution in [-0.4, -0.2) is 50.0 Å². The van der Waals surface area contributed by atoms with Crippen LogP contribution in [0.4, 0.5) is 10.1 Å². The average Bonchev–Trinajstić information content (AvgIpc) is 3.29. The van der Waals surface area contributed by atoms with Crippen LogP contribution in [0.2, 0.25) is 0 Å². The molecule has 34 heavy (non-hydrogen) atoms. The standard InChI is InChI=1S/C24H29BrFN3O4S/c1-17(24(31)27-20-7-3-4-8-20)28(15-18-11-13-19(26)14-12-18)23(30)16-29(34(2,32)33)22-10-6-5-9-21(22)25/h5-6,9-14,17,20H,3-4,7-8,15-16H2,1-2H3,(H,27,31)/t17-/m1/s1. The van der Waals surface area contributed by atoms with Gasteiger partial charge in [0.15, 0.2) is 0 Å². The van der Waals surface area contributed by atoms with E-state index in [1.165, 1.54) is 17.0 Å². The molecule has 1 aliphatic carbocycles. The molecule has 1 atom stereocenters. The Morgan fingerprint density at radius 1 is 1.12 bits per heavy atom. The fourth-order valence-electron chi connectivity index (χ4n) is 4.01. The molecule has 3 rings (SSSR count). The third kappa shape index (κ3) is 6.79. The number of benzene rings is 2. The maximum Gasteiger partial charge on any atom is 0.244 e. The van der Waals surface area contributed by atoms with Crippen molar-refractivity contribution in [1.29, 1.82) is 0 Å². The Morgan fingerprint density at radius 3 is 2.32 bits per heavy atom. The summed E-state index contributed by atoms with van der Waals surface area (Å²) in [6.07, 6.45) is 4.92. The number of para-hydroxylation sites is 1. The fraction of sp³-hybridized carbons (Fsp3) is 0.417. The summed E-state index contributed by atoms with van der Waals surface area (Å²) in [5.74, 6) is -1.25. The van der Waals surface area contributed by atoms with E-state index >= 15 is 0 Å². The highest BCUT2D eigenvalue weighted by molar-refractivity contribution is 9.10. The van der Waals surface area contributed by atoms with Crippen LogP contribution in [0.1, 0.15) is 38.2 Å². The van der Waals surface area contributed by atoms with Crippen LogP contribution in [0.25, 0.3) is 0 Å². The molecule has 7 nitrogen and oxygen atoms in total. The van der Waals surface area contributed by atoms with Crippen molar-refractivity contribution in [3.63, 3.8) is 0 Å². The number of hydrogen-bond donors (Lipinski definition) is 1. The summed E-state index contributed by atoms with van der Waals surface area (Å²) in [5, 5.41) is 3.00. The van der Waals surface area contributed by atoms with Gasteiger partial charge in [-0.3, -0.25) is 13.9 Å². The summed E-state index contributed by atoms with van der Waals surface area (Å²) < 4.78 is 40.1. The highest BCUT2D eigenvalue weighted by Gasteiger charge is 2.31. The summed E-state index contributed by atoms with van der Waals surface area (Å²) >= 11 is 3.35. The van der Waals surface area contributed by atoms with Crippen molar-refractivity contribution in [3.05, 3.63) is 64.4 Å². The molecule has 184 valence electrons. The molecule has 1 aliphatic rings. The van der Waals surface area contributed by atoms with Crippen molar-refractivity contribution >= 4 is 43.5 Å². The zero-order valence-electron chi connectivity index (χ0n) is 19.2. The minimum absolute atomic E-state index is 0.0337. The summed E-state index contributed by atoms with van der Waals surface area (Å²) in [4.78, 5) is 27.8. The highest BCUT2D eigenvalue weighted by Crippen LogP contribution is 2.28. The van der Waals surface area contributed by atoms with Gasteiger partial charge in [-0.15, -0.1) is 0 Å². The minimum atomic E-state index is -3.81. The van der Waals surface area contributed by atoms with E-state index in [2.05, 4.69) is 21.2 Å². The number of carbonyl (C=O) groups is 2. The molecule has 1 saturated carbocycles. The maximum atomic E-state index is 13.5. The van der Waals surface area contributed by atoms with Gasteiger partial charge in [-0.25, -0.2) is 12.8 Å². The van der Waals surface area contributed by atoms with Crippen LogP contribution in [0, 0.1) is 5.82 Å². The number of amides is 2. The van der Waals surface area contributed by atoms with Gasteiger partial charge in [0, 0.05) is 17.1 Å². The number of nitrogens with zero attached hydrogens (tertiary/aromatic N) is 2. The van der Waals surface area contributed by atoms with E-state index in [0.717, 1.165) is 36.2 Å². The Balaban J connectivity index is 1.88. The molecule has 0 radical (unpaired) electrons. The number of halogens is 2. The SMILES string of the molecule is C[C@H](C(=O)NC1CCCC1)N(Cc1ccc(F)cc1)C(=O)CN(c1ccccc1Br)S(C)(=O)=O. The van der Waals surface area contributed by atoms with Crippen molar-refractivity contribution < 1.29 is 22.4 Å². The monoisotopic (exact) mass is 553 g/mol. The molecule has 0 aliphatic heterocycles. The Kier molecular flexibility index (Phi) is 8.70. The van der Waals surface area contributed by atoms with Gasteiger partial charge in [-0.2, -0.15) is 0 Å². The van der Waals surface area contributed by atoms with Crippen LogP contribution in [0.3, 0.4) is 0 Å². The molecule has 2 aromatic carbocycles. The molecule has 1 fully saturated rings. The smallest absolute Gasteiger partial charge is 0.244 e. The molecule has 1 N–H and O–H groups in total. The minimum Gasteiger partial charge on any atom is -0.352 e. The fourth-order valence-corrected chi connectivity index (χ4v) is 5.49. The third-order valence-electron chi connectivity index (χ3n) is 5.94. The lowest BCUT2D eigenvalue weighted by molar-refractivity contribution is -0.139. The van der Waals surface area contributed by atoms with Gasteiger partial charge >= 0.3 is 0 Å². The van der Waals surface area contributed by atoms with Gasteiger partial charge in [0.1, 0.15) is 18.4 Å². The number of hydrogen-bond acceptors (Lipinski definition) is 4. The van der Waals surface area contributed by atoms with E-state index in [0.29, 0.717) is 15.7 Å². The molecule has 0 spiro atoms. The van der Waals surface area contributed by atoms with Crippen LogP contribution in [-0.2, 0) is 26.2 Å². The molecule has 10 heteroatoms. The molecule has 0 unspecified atom stereocenters. The van der Waals surface area contributed by atoms with Gasteiger partial charge in [-0.1, -0.05) is 37.1 Å². The van der Waals surface area contributed by atoms with E-state index in [9.17, 15) is 22.4 Å². The molecule has 2 amide bonds. The lowest BCUT2D eigenvalue weighted by Crippen LogP contribution is -2.52. The zero-order chi connectivity index (χ0) is 24.9. The normalized spacial score (nSPS) is 15.1. The van der Waals surface area contributed by atoms with E-state index in [1.807, 2.05) is 0 Å². The predicted molar refractivity (Wildman–Crippen MR) is 133 cm³/mol. The number of sulfonamides is 1. The van der Waals surface area contributed by atoms with Crippen LogP contribution < -0.4 is 9.62 Å². The molecule has 0 aromatic heterocycles. The lowest BCUT2D eigenvalue weighted by atomic mass is 10.1. The first-order valence-electron chi connectivity index (χ1n) is 11.1. The van der Waals surface area contributed by atoms with Gasteiger partial charge in [-0.05, 0) is 65.5 Å². The zero-order valence-corrected chi connectivity index (χ0v) is 21.6. The number of rotatable bonds is 9. The molecule has 0 bridgehead atoms. The van der Waals surface area contributed by atoms with Crippen molar-refractivity contribution in [2.75, 3.05) is 17.1 Å². The molecule has 0 saturated heterocycles. The Hall–Kier alpha value is -2.46. The van der Waals surface area contributed by atoms with Crippen molar-refractivity contribution in [1.82, 2.24) is 10.2 Å². The van der Waals surface area contributed by atoms with Crippen molar-refractivity contribution in [2.45, 2.75) is 51.2 Å². The summed E-state index contributed by atoms with van der Waals surface area (Å²) in [6, 6.07) is 11.6. The van der Waals surface area contributed by atoms with Gasteiger partial charge < -0.3 is 10.2 Å². The van der Waals surface area contributed by atoms with Crippen LogP contribution in [0.5, 0.6) is 0 Å². The number of nitrogens with one attached hydrogen (secondary N) is 1. The van der Waals surface area contributed by atoms with Gasteiger partial charge in [0.25, 0.3) is 0 Å². The van der Waals surface area contributed by atoms with Crippen molar-refractivity contribution in [2.24, 2.45) is 0 Å². The molecular weight excluding hydrogens is 525 g/mol. The second-order valence-corrected chi connectivity index (χ2v) is 11.3. The largest absolute Gasteiger partial charge is 0.352 e. The van der Waals surface area contributed by atoms with Crippen LogP contribution in [0.15, 0.2) is 53.0 Å². The molecule has 0 heterocycles. The summed E-state index contributed by atoms with van der Waals surface area (Å²) in [7, 11) is -3.81. The number of anilines is 1. The van der Waals surface area contributed by atoms with Gasteiger partial charge in [0.2, 0.25) is 21.8 Å². The van der Waals surface area contributed by atoms with E-state index < -0.39 is 34.3 Å². The van der Waals surface area contributed by atoms with E-state index in [1.54, 1.807) is 43.3 Å².